The van der Waals surface area contributed by atoms with Crippen LogP contribution in [0.5, 0.6) is 0 Å². The second-order valence-corrected chi connectivity index (χ2v) is 13.2. The first-order chi connectivity index (χ1) is 18.3. The summed E-state index contributed by atoms with van der Waals surface area (Å²) < 4.78 is 113. The van der Waals surface area contributed by atoms with Gasteiger partial charge in [0.15, 0.2) is 0 Å². The molecule has 0 spiro atoms. The van der Waals surface area contributed by atoms with Crippen LogP contribution >= 0.6 is 0 Å². The molecule has 2 saturated carbocycles. The zero-order valence-corrected chi connectivity index (χ0v) is 22.8. The average Bonchev–Trinajstić information content (AvgIpc) is 3.13. The van der Waals surface area contributed by atoms with Gasteiger partial charge in [0, 0.05) is 0 Å². The number of aliphatic hydroxyl groups is 2. The van der Waals surface area contributed by atoms with E-state index in [2.05, 4.69) is 6.58 Å². The van der Waals surface area contributed by atoms with Crippen molar-refractivity contribution in [2.24, 2.45) is 22.7 Å². The Morgan fingerprint density at radius 2 is 1.77 bits per heavy atom. The van der Waals surface area contributed by atoms with Crippen molar-refractivity contribution >= 4 is 16.0 Å². The molecule has 0 bridgehead atoms. The molecule has 4 N–H and O–H groups in total. The van der Waals surface area contributed by atoms with Crippen LogP contribution in [0.25, 0.3) is 0 Å². The van der Waals surface area contributed by atoms with Gasteiger partial charge < -0.3 is 10.2 Å². The molecule has 0 saturated heterocycles. The molecular formula is C27H35F6NO5S. The first-order valence-electron chi connectivity index (χ1n) is 13.3. The highest BCUT2D eigenvalue weighted by atomic mass is 32.2. The number of aryl methyl sites for hydroxylation is 1. The fraction of sp³-hybridized carbons (Fsp3) is 0.704. The van der Waals surface area contributed by atoms with Gasteiger partial charge in [-0.05, 0) is 103 Å². The Morgan fingerprint density at radius 3 is 2.35 bits per heavy atom. The van der Waals surface area contributed by atoms with Crippen molar-refractivity contribution in [2.75, 3.05) is 4.72 Å². The largest absolute Gasteiger partial charge is 0.426 e. The minimum Gasteiger partial charge on any atom is -0.393 e. The summed E-state index contributed by atoms with van der Waals surface area (Å²) in [4.78, 5) is 0. The molecule has 3 aliphatic carbocycles. The molecule has 226 valence electrons. The number of allylic oxidation sites excluding steroid dienone is 1. The number of nitrogens with one attached hydrogen (secondary N) is 1. The number of hydrogen-bond donors (Lipinski definition) is 4. The minimum atomic E-state index is -5.86. The molecule has 6 atom stereocenters. The van der Waals surface area contributed by atoms with Gasteiger partial charge in [0.25, 0.3) is 5.60 Å². The summed E-state index contributed by atoms with van der Waals surface area (Å²) in [6.07, 6.45) is -9.19. The highest BCUT2D eigenvalue weighted by molar-refractivity contribution is 7.87. The lowest BCUT2D eigenvalue weighted by molar-refractivity contribution is -0.370. The maximum atomic E-state index is 13.2. The Morgan fingerprint density at radius 1 is 1.12 bits per heavy atom. The third-order valence-corrected chi connectivity index (χ3v) is 10.4. The maximum absolute atomic E-state index is 13.2. The van der Waals surface area contributed by atoms with Gasteiger partial charge in [-0.15, -0.1) is 6.58 Å². The zero-order valence-electron chi connectivity index (χ0n) is 22.0. The van der Waals surface area contributed by atoms with Crippen LogP contribution in [0.1, 0.15) is 75.3 Å². The number of rotatable bonds is 8. The number of anilines is 1. The Hall–Kier alpha value is -1.83. The van der Waals surface area contributed by atoms with E-state index in [1.165, 1.54) is 6.07 Å². The molecule has 1 aromatic rings. The lowest BCUT2D eigenvalue weighted by atomic mass is 9.44. The van der Waals surface area contributed by atoms with Gasteiger partial charge in [-0.3, -0.25) is 9.27 Å². The number of halogens is 6. The summed E-state index contributed by atoms with van der Waals surface area (Å²) in [5.74, 6) is -0.379. The molecule has 40 heavy (non-hydrogen) atoms. The topological polar surface area (TPSA) is 107 Å². The standard InChI is InChI=1S/C27H35F6NO5S/c1-3-24-13-11-16-14-18(34-40(37,38)39)7-8-19(16)22(24)17(15-23(2)20(24)9-10-21(23)35)6-4-5-12-25(36,26(28,29)30)27(31,32)33/h3,7-8,14,17,20-22,34-36H,1,4-6,9-13,15H2,2H3,(H,37,38,39)/t17-,20?,21-,22?,23-,24-/m0/s1. The smallest absolute Gasteiger partial charge is 0.393 e. The van der Waals surface area contributed by atoms with Crippen LogP contribution in [0.3, 0.4) is 0 Å². The summed E-state index contributed by atoms with van der Waals surface area (Å²) in [5.41, 5.74) is -3.91. The number of benzene rings is 1. The van der Waals surface area contributed by atoms with E-state index in [9.17, 15) is 49.5 Å². The highest BCUT2D eigenvalue weighted by Gasteiger charge is 2.69. The van der Waals surface area contributed by atoms with E-state index in [0.717, 1.165) is 17.5 Å². The Balaban J connectivity index is 1.66. The molecule has 0 aromatic heterocycles. The second kappa shape index (κ2) is 10.2. The number of unbranched alkanes of at least 4 members (excludes halogenated alkanes) is 1. The lowest BCUT2D eigenvalue weighted by Crippen LogP contribution is -2.56. The van der Waals surface area contributed by atoms with Crippen molar-refractivity contribution in [1.82, 2.24) is 0 Å². The van der Waals surface area contributed by atoms with Crippen LogP contribution in [0.4, 0.5) is 32.0 Å². The summed E-state index contributed by atoms with van der Waals surface area (Å²) in [6.45, 7) is 6.13. The highest BCUT2D eigenvalue weighted by Crippen LogP contribution is 2.69. The fourth-order valence-electron chi connectivity index (χ4n) is 8.15. The Bertz CT molecular complexity index is 1220. The van der Waals surface area contributed by atoms with Crippen LogP contribution in [0, 0.1) is 22.7 Å². The van der Waals surface area contributed by atoms with Gasteiger partial charge in [0.1, 0.15) is 0 Å². The van der Waals surface area contributed by atoms with E-state index in [1.54, 1.807) is 12.1 Å². The van der Waals surface area contributed by atoms with Crippen LogP contribution in [0.2, 0.25) is 0 Å². The summed E-state index contributed by atoms with van der Waals surface area (Å²) in [5, 5.41) is 20.6. The molecule has 3 aliphatic rings. The predicted molar refractivity (Wildman–Crippen MR) is 136 cm³/mol. The van der Waals surface area contributed by atoms with Crippen molar-refractivity contribution in [3.63, 3.8) is 0 Å². The summed E-state index contributed by atoms with van der Waals surface area (Å²) in [6, 6.07) is 4.88. The number of aliphatic hydroxyl groups excluding tert-OH is 1. The summed E-state index contributed by atoms with van der Waals surface area (Å²) >= 11 is 0. The first-order valence-corrected chi connectivity index (χ1v) is 14.8. The third-order valence-electron chi connectivity index (χ3n) is 9.92. The predicted octanol–water partition coefficient (Wildman–Crippen LogP) is 6.32. The van der Waals surface area contributed by atoms with Gasteiger partial charge >= 0.3 is 22.7 Å². The maximum Gasteiger partial charge on any atom is 0.426 e. The van der Waals surface area contributed by atoms with Gasteiger partial charge in [0.05, 0.1) is 11.8 Å². The Kier molecular flexibility index (Phi) is 7.91. The van der Waals surface area contributed by atoms with Gasteiger partial charge in [-0.25, -0.2) is 0 Å². The van der Waals surface area contributed by atoms with E-state index in [0.29, 0.717) is 25.7 Å². The van der Waals surface area contributed by atoms with Crippen molar-refractivity contribution in [1.29, 1.82) is 0 Å². The van der Waals surface area contributed by atoms with Crippen LogP contribution in [0.15, 0.2) is 30.9 Å². The average molecular weight is 600 g/mol. The molecule has 0 amide bonds. The third kappa shape index (κ3) is 5.15. The molecule has 13 heteroatoms. The van der Waals surface area contributed by atoms with E-state index in [4.69, 9.17) is 0 Å². The van der Waals surface area contributed by atoms with E-state index in [1.807, 2.05) is 17.7 Å². The van der Waals surface area contributed by atoms with Gasteiger partial charge in [-0.1, -0.05) is 25.5 Å². The lowest BCUT2D eigenvalue weighted by Gasteiger charge is -2.60. The van der Waals surface area contributed by atoms with Crippen molar-refractivity contribution in [2.45, 2.75) is 94.7 Å². The molecule has 0 heterocycles. The van der Waals surface area contributed by atoms with E-state index in [-0.39, 0.29) is 36.3 Å². The minimum absolute atomic E-state index is 0.00255. The molecule has 0 radical (unpaired) electrons. The van der Waals surface area contributed by atoms with Crippen LogP contribution in [-0.2, 0) is 16.7 Å². The monoisotopic (exact) mass is 599 g/mol. The van der Waals surface area contributed by atoms with E-state index >= 15 is 0 Å². The molecule has 0 aliphatic heterocycles. The van der Waals surface area contributed by atoms with Gasteiger partial charge in [0.2, 0.25) is 0 Å². The van der Waals surface area contributed by atoms with Gasteiger partial charge in [-0.2, -0.15) is 34.8 Å². The van der Waals surface area contributed by atoms with E-state index < -0.39 is 58.0 Å². The molecule has 1 aromatic carbocycles. The summed E-state index contributed by atoms with van der Waals surface area (Å²) in [7, 11) is -4.50. The Labute approximate surface area is 229 Å². The molecule has 6 nitrogen and oxygen atoms in total. The van der Waals surface area contributed by atoms with Crippen LogP contribution < -0.4 is 4.72 Å². The number of fused-ring (bicyclic) bond motifs is 5. The SMILES string of the molecule is C=C[C@@]12CCc3cc(NS(=O)(=O)O)ccc3C1[C@@H](CCCCC(O)(C(F)(F)F)C(F)(F)F)C[C@@]1(C)C2CC[C@@H]1O. The normalized spacial score (nSPS) is 32.6. The quantitative estimate of drug-likeness (QED) is 0.121. The van der Waals surface area contributed by atoms with Crippen molar-refractivity contribution in [3.05, 3.63) is 42.0 Å². The molecular weight excluding hydrogens is 564 g/mol. The fourth-order valence-corrected chi connectivity index (χ4v) is 8.57. The number of hydrogen-bond acceptors (Lipinski definition) is 4. The second-order valence-electron chi connectivity index (χ2n) is 12.0. The number of alkyl halides is 6. The van der Waals surface area contributed by atoms with Crippen molar-refractivity contribution < 1.29 is 49.5 Å². The molecule has 4 rings (SSSR count). The zero-order chi connectivity index (χ0) is 29.9. The van der Waals surface area contributed by atoms with Crippen LogP contribution in [-0.4, -0.2) is 47.2 Å². The molecule has 2 fully saturated rings. The molecule has 2 unspecified atom stereocenters. The first kappa shape index (κ1) is 31.1. The van der Waals surface area contributed by atoms with Crippen molar-refractivity contribution in [3.8, 4) is 0 Å².